The first-order valence-electron chi connectivity index (χ1n) is 21.5. The van der Waals surface area contributed by atoms with E-state index < -0.39 is 67.4 Å². The van der Waals surface area contributed by atoms with Gasteiger partial charge in [0.05, 0.1) is 49.8 Å². The molecule has 0 bridgehead atoms. The second-order valence-electron chi connectivity index (χ2n) is 16.9. The summed E-state index contributed by atoms with van der Waals surface area (Å²) in [6, 6.07) is 7.37. The molecule has 1 fully saturated rings. The highest BCUT2D eigenvalue weighted by Crippen LogP contribution is 2.46. The molecule has 0 aromatic heterocycles. The summed E-state index contributed by atoms with van der Waals surface area (Å²) in [5.74, 6) is -3.14. The Morgan fingerprint density at radius 3 is 2.18 bits per heavy atom. The van der Waals surface area contributed by atoms with Gasteiger partial charge >= 0.3 is 0 Å². The summed E-state index contributed by atoms with van der Waals surface area (Å²) in [5.41, 5.74) is 6.14. The van der Waals surface area contributed by atoms with Crippen LogP contribution in [0.4, 0.5) is 0 Å². The molecule has 5 N–H and O–H groups in total. The van der Waals surface area contributed by atoms with E-state index in [9.17, 15) is 28.6 Å². The molecule has 61 heavy (non-hydrogen) atoms. The predicted octanol–water partition coefficient (Wildman–Crippen LogP) is 2.46. The topological polar surface area (TPSA) is 209 Å². The predicted molar refractivity (Wildman–Crippen MR) is 239 cm³/mol. The van der Waals surface area contributed by atoms with Crippen molar-refractivity contribution in [2.24, 2.45) is 28.5 Å². The molecule has 2 rings (SSSR count). The van der Waals surface area contributed by atoms with Crippen molar-refractivity contribution >= 4 is 37.0 Å². The van der Waals surface area contributed by atoms with Crippen LogP contribution < -0.4 is 16.4 Å². The second kappa shape index (κ2) is 26.1. The van der Waals surface area contributed by atoms with E-state index in [0.717, 1.165) is 6.42 Å². The number of nitrogens with zero attached hydrogens (tertiary/aromatic N) is 5. The number of aliphatic imine (C=N–C) groups is 1. The molecule has 348 valence electrons. The molecule has 0 saturated carbocycles. The van der Waals surface area contributed by atoms with Crippen LogP contribution in [0.1, 0.15) is 65.9 Å². The zero-order valence-electron chi connectivity index (χ0n) is 38.8. The lowest BCUT2D eigenvalue weighted by molar-refractivity contribution is -0.146. The quantitative estimate of drug-likeness (QED) is 0.0484. The Balaban J connectivity index is 2.33. The average Bonchev–Trinajstić information content (AvgIpc) is 3.69. The molecule has 4 amide bonds. The number of carbonyl (C=O) groups excluding carboxylic acids is 4. The van der Waals surface area contributed by atoms with Gasteiger partial charge < -0.3 is 55.1 Å². The van der Waals surface area contributed by atoms with Crippen molar-refractivity contribution in [2.75, 3.05) is 88.5 Å². The number of nitrogens with one attached hydrogen (secondary N) is 2. The third kappa shape index (κ3) is 15.9. The smallest absolute Gasteiger partial charge is 0.247 e. The number of nitrogens with two attached hydrogens (primary N) is 1. The fraction of sp³-hybridized carbons (Fsp3) is 0.744. The van der Waals surface area contributed by atoms with Crippen LogP contribution in [-0.4, -0.2) is 179 Å². The SMILES string of the molecule is CC[C@H](C)[C@@H]([C@@H](CC(=O)N1CCC[C@H]1[C@H](OC)[C@@H](C)C(=O)N[C@@H](Cc1ccccc1)P(=O)(O)CC(=O)NCCOCCN)OC)N(C)C(=O)[C@@H](N=C(N(C)C)N(C)C)C(C)C. The minimum Gasteiger partial charge on any atom is -0.379 e. The summed E-state index contributed by atoms with van der Waals surface area (Å²) in [7, 11) is 8.02. The Labute approximate surface area is 364 Å². The Bertz CT molecular complexity index is 1590. The molecule has 0 radical (unpaired) electrons. The van der Waals surface area contributed by atoms with Crippen LogP contribution in [0.5, 0.6) is 0 Å². The van der Waals surface area contributed by atoms with E-state index in [1.807, 2.05) is 71.8 Å². The summed E-state index contributed by atoms with van der Waals surface area (Å²) < 4.78 is 31.2. The summed E-state index contributed by atoms with van der Waals surface area (Å²) in [4.78, 5) is 78.9. The number of guanidine groups is 1. The Morgan fingerprint density at radius 2 is 1.64 bits per heavy atom. The Hall–Kier alpha value is -3.60. The van der Waals surface area contributed by atoms with Gasteiger partial charge in [0.15, 0.2) is 5.96 Å². The first-order valence-corrected chi connectivity index (χ1v) is 23.4. The van der Waals surface area contributed by atoms with Crippen LogP contribution in [-0.2, 0) is 44.4 Å². The van der Waals surface area contributed by atoms with E-state index in [1.54, 1.807) is 55.1 Å². The molecule has 0 spiro atoms. The Kier molecular flexibility index (Phi) is 22.9. The lowest BCUT2D eigenvalue weighted by atomic mass is 9.89. The van der Waals surface area contributed by atoms with Crippen LogP contribution in [0.25, 0.3) is 0 Å². The fourth-order valence-corrected chi connectivity index (χ4v) is 9.58. The van der Waals surface area contributed by atoms with Crippen molar-refractivity contribution in [1.82, 2.24) is 30.2 Å². The molecule has 1 aromatic rings. The van der Waals surface area contributed by atoms with E-state index in [1.165, 1.54) is 7.11 Å². The van der Waals surface area contributed by atoms with Crippen LogP contribution in [0.15, 0.2) is 35.3 Å². The minimum absolute atomic E-state index is 0.00902. The van der Waals surface area contributed by atoms with Crippen molar-refractivity contribution in [3.8, 4) is 0 Å². The van der Waals surface area contributed by atoms with Gasteiger partial charge in [0.25, 0.3) is 0 Å². The number of likely N-dealkylation sites (tertiary alicyclic amines) is 1. The van der Waals surface area contributed by atoms with Gasteiger partial charge in [-0.15, -0.1) is 0 Å². The number of amides is 4. The molecule has 1 saturated heterocycles. The highest BCUT2D eigenvalue weighted by atomic mass is 31.2. The lowest BCUT2D eigenvalue weighted by Crippen LogP contribution is -2.55. The minimum atomic E-state index is -4.32. The van der Waals surface area contributed by atoms with Gasteiger partial charge in [-0.1, -0.05) is 71.4 Å². The number of hydrogen-bond acceptors (Lipinski definition) is 10. The summed E-state index contributed by atoms with van der Waals surface area (Å²) in [5, 5.41) is 5.39. The first-order chi connectivity index (χ1) is 28.7. The van der Waals surface area contributed by atoms with Gasteiger partial charge in [-0.25, -0.2) is 4.99 Å². The van der Waals surface area contributed by atoms with Gasteiger partial charge in [0.1, 0.15) is 18.0 Å². The van der Waals surface area contributed by atoms with E-state index in [0.29, 0.717) is 44.1 Å². The zero-order valence-corrected chi connectivity index (χ0v) is 39.7. The number of likely N-dealkylation sites (N-methyl/N-ethyl adjacent to an activating group) is 1. The molecule has 1 aromatic carbocycles. The number of carbonyl (C=O) groups is 4. The van der Waals surface area contributed by atoms with Gasteiger partial charge in [0, 0.05) is 75.5 Å². The molecule has 1 unspecified atom stereocenters. The highest BCUT2D eigenvalue weighted by Gasteiger charge is 2.44. The molecule has 17 nitrogen and oxygen atoms in total. The highest BCUT2D eigenvalue weighted by molar-refractivity contribution is 7.59. The maximum absolute atomic E-state index is 14.4. The standard InChI is InChI=1S/C43H77N8O9P/c1-13-30(4)39(50(10)42(55)38(29(2)3)47-43(48(6)7)49(8)9)34(58-11)27-37(53)51-23-17-20-33(51)40(59-12)31(5)41(54)46-36(26-32-18-15-14-16-19-32)61(56,57)28-35(52)45-22-25-60-24-21-44/h14-16,18-19,29-31,33-34,36,38-40H,13,17,20-28,44H2,1-12H3,(H,45,52)(H,46,54)(H,56,57)/t30-,31+,33-,34+,36+,38-,39-,40+/m0/s1. The van der Waals surface area contributed by atoms with Crippen molar-refractivity contribution in [3.05, 3.63) is 35.9 Å². The van der Waals surface area contributed by atoms with E-state index in [-0.39, 0.29) is 49.6 Å². The van der Waals surface area contributed by atoms with Crippen LogP contribution in [0.2, 0.25) is 0 Å². The number of hydrogen-bond donors (Lipinski definition) is 4. The summed E-state index contributed by atoms with van der Waals surface area (Å²) in [6.07, 6.45) is -0.131. The third-order valence-corrected chi connectivity index (χ3v) is 13.5. The monoisotopic (exact) mass is 881 g/mol. The number of methoxy groups -OCH3 is 2. The lowest BCUT2D eigenvalue weighted by Gasteiger charge is -2.40. The van der Waals surface area contributed by atoms with E-state index >= 15 is 0 Å². The van der Waals surface area contributed by atoms with Crippen molar-refractivity contribution in [1.29, 1.82) is 0 Å². The van der Waals surface area contributed by atoms with Crippen molar-refractivity contribution in [3.63, 3.8) is 0 Å². The first kappa shape index (κ1) is 53.5. The normalized spacial score (nSPS) is 18.5. The second-order valence-corrected chi connectivity index (χ2v) is 19.3. The van der Waals surface area contributed by atoms with Crippen molar-refractivity contribution in [2.45, 2.75) is 103 Å². The Morgan fingerprint density at radius 1 is 1.00 bits per heavy atom. The molecule has 1 aliphatic heterocycles. The maximum atomic E-state index is 14.4. The van der Waals surface area contributed by atoms with E-state index in [4.69, 9.17) is 24.9 Å². The number of ether oxygens (including phenoxy) is 3. The largest absolute Gasteiger partial charge is 0.379 e. The van der Waals surface area contributed by atoms with Gasteiger partial charge in [0.2, 0.25) is 31.0 Å². The summed E-state index contributed by atoms with van der Waals surface area (Å²) >= 11 is 0. The summed E-state index contributed by atoms with van der Waals surface area (Å²) in [6.45, 7) is 11.1. The van der Waals surface area contributed by atoms with E-state index in [2.05, 4.69) is 10.6 Å². The van der Waals surface area contributed by atoms with Crippen LogP contribution in [0, 0.1) is 17.8 Å². The number of rotatable bonds is 25. The molecule has 9 atom stereocenters. The fourth-order valence-electron chi connectivity index (χ4n) is 8.01. The van der Waals surface area contributed by atoms with Crippen LogP contribution in [0.3, 0.4) is 0 Å². The van der Waals surface area contributed by atoms with Gasteiger partial charge in [-0.05, 0) is 30.2 Å². The molecular weight excluding hydrogens is 803 g/mol. The van der Waals surface area contributed by atoms with Crippen LogP contribution >= 0.6 is 7.37 Å². The third-order valence-electron chi connectivity index (χ3n) is 11.5. The molecule has 1 aliphatic rings. The molecular formula is C43H77N8O9P. The van der Waals surface area contributed by atoms with Gasteiger partial charge in [-0.3, -0.25) is 23.7 Å². The van der Waals surface area contributed by atoms with Gasteiger partial charge in [-0.2, -0.15) is 0 Å². The van der Waals surface area contributed by atoms with Crippen molar-refractivity contribution < 1.29 is 42.8 Å². The average molecular weight is 881 g/mol. The zero-order chi connectivity index (χ0) is 46.0. The maximum Gasteiger partial charge on any atom is 0.247 e. The molecule has 1 heterocycles. The molecule has 0 aliphatic carbocycles. The number of benzene rings is 1. The molecule has 18 heteroatoms.